The Labute approximate surface area is 88.6 Å². The minimum atomic E-state index is 0.698. The SMILES string of the molecule is CCc1cc(Cl)cc(CC)c1N=C=O. The summed E-state index contributed by atoms with van der Waals surface area (Å²) in [7, 11) is 0. The lowest BCUT2D eigenvalue weighted by Crippen LogP contribution is -1.89. The fourth-order valence-corrected chi connectivity index (χ4v) is 1.71. The highest BCUT2D eigenvalue weighted by atomic mass is 35.5. The second-order valence-corrected chi connectivity index (χ2v) is 3.42. The van der Waals surface area contributed by atoms with E-state index in [9.17, 15) is 4.79 Å². The Morgan fingerprint density at radius 1 is 1.29 bits per heavy atom. The van der Waals surface area contributed by atoms with Crippen LogP contribution in [0, 0.1) is 0 Å². The molecule has 0 saturated heterocycles. The molecule has 14 heavy (non-hydrogen) atoms. The van der Waals surface area contributed by atoms with E-state index in [0.717, 1.165) is 29.7 Å². The van der Waals surface area contributed by atoms with E-state index < -0.39 is 0 Å². The fourth-order valence-electron chi connectivity index (χ4n) is 1.45. The van der Waals surface area contributed by atoms with Crippen molar-refractivity contribution in [2.75, 3.05) is 0 Å². The molecule has 0 saturated carbocycles. The standard InChI is InChI=1S/C11H12ClNO/c1-3-8-5-10(12)6-9(4-2)11(8)13-7-14/h5-6H,3-4H2,1-2H3. The number of halogens is 1. The smallest absolute Gasteiger partial charge is 0.211 e. The number of rotatable bonds is 3. The third-order valence-electron chi connectivity index (χ3n) is 2.15. The molecule has 0 amide bonds. The van der Waals surface area contributed by atoms with Crippen molar-refractivity contribution in [3.05, 3.63) is 28.3 Å². The quantitative estimate of drug-likeness (QED) is 0.554. The van der Waals surface area contributed by atoms with Crippen LogP contribution >= 0.6 is 11.6 Å². The molecule has 1 rings (SSSR count). The van der Waals surface area contributed by atoms with Gasteiger partial charge in [0.15, 0.2) is 0 Å². The van der Waals surface area contributed by atoms with Crippen molar-refractivity contribution < 1.29 is 4.79 Å². The Hall–Kier alpha value is -1.11. The van der Waals surface area contributed by atoms with Gasteiger partial charge in [-0.1, -0.05) is 25.4 Å². The Balaban J connectivity index is 3.39. The van der Waals surface area contributed by atoms with Crippen LogP contribution in [0.25, 0.3) is 0 Å². The van der Waals surface area contributed by atoms with Crippen LogP contribution in [0.2, 0.25) is 5.02 Å². The molecule has 74 valence electrons. The van der Waals surface area contributed by atoms with Crippen LogP contribution in [-0.2, 0) is 17.6 Å². The van der Waals surface area contributed by atoms with Gasteiger partial charge >= 0.3 is 0 Å². The van der Waals surface area contributed by atoms with E-state index in [-0.39, 0.29) is 0 Å². The van der Waals surface area contributed by atoms with Gasteiger partial charge in [-0.3, -0.25) is 0 Å². The van der Waals surface area contributed by atoms with Gasteiger partial charge in [-0.05, 0) is 36.1 Å². The zero-order chi connectivity index (χ0) is 10.6. The number of isocyanates is 1. The van der Waals surface area contributed by atoms with E-state index in [0.29, 0.717) is 5.02 Å². The Kier molecular flexibility index (Phi) is 3.87. The predicted octanol–water partition coefficient (Wildman–Crippen LogP) is 3.43. The normalized spacial score (nSPS) is 9.64. The Bertz CT molecular complexity index is 356. The lowest BCUT2D eigenvalue weighted by atomic mass is 10.0. The highest BCUT2D eigenvalue weighted by Crippen LogP contribution is 2.29. The topological polar surface area (TPSA) is 29.4 Å². The summed E-state index contributed by atoms with van der Waals surface area (Å²) in [6, 6.07) is 3.69. The van der Waals surface area contributed by atoms with Crippen LogP contribution in [0.15, 0.2) is 17.1 Å². The highest BCUT2D eigenvalue weighted by molar-refractivity contribution is 6.30. The minimum Gasteiger partial charge on any atom is -0.211 e. The van der Waals surface area contributed by atoms with Crippen molar-refractivity contribution in [1.29, 1.82) is 0 Å². The predicted molar refractivity (Wildman–Crippen MR) is 58.0 cm³/mol. The molecule has 3 heteroatoms. The van der Waals surface area contributed by atoms with Gasteiger partial charge in [-0.15, -0.1) is 0 Å². The van der Waals surface area contributed by atoms with Crippen LogP contribution in [0.4, 0.5) is 5.69 Å². The van der Waals surface area contributed by atoms with E-state index in [1.807, 2.05) is 26.0 Å². The van der Waals surface area contributed by atoms with Gasteiger partial charge in [0.2, 0.25) is 6.08 Å². The first-order chi connectivity index (χ1) is 6.72. The molecule has 0 fully saturated rings. The van der Waals surface area contributed by atoms with Gasteiger partial charge in [0, 0.05) is 5.02 Å². The third-order valence-corrected chi connectivity index (χ3v) is 2.37. The Morgan fingerprint density at radius 2 is 1.79 bits per heavy atom. The monoisotopic (exact) mass is 209 g/mol. The zero-order valence-electron chi connectivity index (χ0n) is 8.30. The molecule has 0 spiro atoms. The maximum absolute atomic E-state index is 10.3. The van der Waals surface area contributed by atoms with E-state index in [1.165, 1.54) is 0 Å². The van der Waals surface area contributed by atoms with Gasteiger partial charge in [0.25, 0.3) is 0 Å². The van der Waals surface area contributed by atoms with Gasteiger partial charge in [0.05, 0.1) is 5.69 Å². The molecule has 0 atom stereocenters. The van der Waals surface area contributed by atoms with Gasteiger partial charge in [-0.25, -0.2) is 4.79 Å². The third kappa shape index (κ3) is 2.22. The molecular weight excluding hydrogens is 198 g/mol. The number of benzene rings is 1. The maximum atomic E-state index is 10.3. The second-order valence-electron chi connectivity index (χ2n) is 2.98. The first kappa shape index (κ1) is 11.0. The Morgan fingerprint density at radius 3 is 2.14 bits per heavy atom. The van der Waals surface area contributed by atoms with E-state index >= 15 is 0 Å². The van der Waals surface area contributed by atoms with Gasteiger partial charge < -0.3 is 0 Å². The molecule has 1 aromatic rings. The lowest BCUT2D eigenvalue weighted by Gasteiger charge is -2.07. The second kappa shape index (κ2) is 4.94. The van der Waals surface area contributed by atoms with Crippen LogP contribution in [-0.4, -0.2) is 6.08 Å². The molecule has 0 N–H and O–H groups in total. The summed E-state index contributed by atoms with van der Waals surface area (Å²) in [5.41, 5.74) is 2.73. The van der Waals surface area contributed by atoms with E-state index in [4.69, 9.17) is 11.6 Å². The van der Waals surface area contributed by atoms with Gasteiger partial charge in [0.1, 0.15) is 0 Å². The molecule has 0 bridgehead atoms. The summed E-state index contributed by atoms with van der Waals surface area (Å²) in [4.78, 5) is 14.0. The minimum absolute atomic E-state index is 0.698. The molecule has 0 aliphatic heterocycles. The molecule has 0 unspecified atom stereocenters. The molecule has 0 aliphatic rings. The van der Waals surface area contributed by atoms with Crippen molar-refractivity contribution >= 4 is 23.4 Å². The summed E-state index contributed by atoms with van der Waals surface area (Å²) in [6.45, 7) is 4.02. The van der Waals surface area contributed by atoms with Crippen molar-refractivity contribution in [3.63, 3.8) is 0 Å². The van der Waals surface area contributed by atoms with Crippen molar-refractivity contribution in [2.24, 2.45) is 4.99 Å². The first-order valence-corrected chi connectivity index (χ1v) is 4.99. The molecule has 0 heterocycles. The first-order valence-electron chi connectivity index (χ1n) is 4.62. The van der Waals surface area contributed by atoms with Crippen molar-refractivity contribution in [1.82, 2.24) is 0 Å². The van der Waals surface area contributed by atoms with Gasteiger partial charge in [-0.2, -0.15) is 4.99 Å². The van der Waals surface area contributed by atoms with E-state index in [1.54, 1.807) is 6.08 Å². The summed E-state index contributed by atoms with van der Waals surface area (Å²) in [5.74, 6) is 0. The number of carbonyl (C=O) groups excluding carboxylic acids is 1. The summed E-state index contributed by atoms with van der Waals surface area (Å²) in [6.07, 6.45) is 3.21. The molecule has 2 nitrogen and oxygen atoms in total. The molecule has 1 aromatic carbocycles. The average Bonchev–Trinajstić information content (AvgIpc) is 2.20. The largest absolute Gasteiger partial charge is 0.240 e. The van der Waals surface area contributed by atoms with Crippen LogP contribution < -0.4 is 0 Å². The average molecular weight is 210 g/mol. The van der Waals surface area contributed by atoms with Crippen LogP contribution in [0.3, 0.4) is 0 Å². The number of aliphatic imine (C=N–C) groups is 1. The molecule has 0 radical (unpaired) electrons. The highest BCUT2D eigenvalue weighted by Gasteiger charge is 2.07. The fraction of sp³-hybridized carbons (Fsp3) is 0.364. The lowest BCUT2D eigenvalue weighted by molar-refractivity contribution is 0.565. The number of nitrogens with zero attached hydrogens (tertiary/aromatic N) is 1. The number of hydrogen-bond acceptors (Lipinski definition) is 2. The molecule has 0 aliphatic carbocycles. The van der Waals surface area contributed by atoms with Crippen molar-refractivity contribution in [3.8, 4) is 0 Å². The molecular formula is C11H12ClNO. The number of aryl methyl sites for hydroxylation is 2. The zero-order valence-corrected chi connectivity index (χ0v) is 9.06. The van der Waals surface area contributed by atoms with Crippen LogP contribution in [0.5, 0.6) is 0 Å². The summed E-state index contributed by atoms with van der Waals surface area (Å²) in [5, 5.41) is 0.698. The van der Waals surface area contributed by atoms with E-state index in [2.05, 4.69) is 4.99 Å². The maximum Gasteiger partial charge on any atom is 0.240 e. The molecule has 0 aromatic heterocycles. The van der Waals surface area contributed by atoms with Crippen molar-refractivity contribution in [2.45, 2.75) is 26.7 Å². The summed E-state index contributed by atoms with van der Waals surface area (Å²) < 4.78 is 0. The number of hydrogen-bond donors (Lipinski definition) is 0. The van der Waals surface area contributed by atoms with Crippen LogP contribution in [0.1, 0.15) is 25.0 Å². The summed E-state index contributed by atoms with van der Waals surface area (Å²) >= 11 is 5.94.